The van der Waals surface area contributed by atoms with Crippen molar-refractivity contribution >= 4 is 6.08 Å². The first-order valence-corrected chi connectivity index (χ1v) is 12.0. The number of ether oxygens (including phenoxy) is 2. The Kier molecular flexibility index (Phi) is 5.15. The van der Waals surface area contributed by atoms with Crippen LogP contribution in [-0.4, -0.2) is 0 Å². The Labute approximate surface area is 206 Å². The molecule has 0 bridgehead atoms. The molecule has 0 aliphatic heterocycles. The van der Waals surface area contributed by atoms with Crippen molar-refractivity contribution in [2.24, 2.45) is 0 Å². The lowest BCUT2D eigenvalue weighted by Gasteiger charge is -2.36. The lowest BCUT2D eigenvalue weighted by molar-refractivity contribution is 0.482. The molecule has 0 spiro atoms. The summed E-state index contributed by atoms with van der Waals surface area (Å²) in [4.78, 5) is 0. The van der Waals surface area contributed by atoms with Gasteiger partial charge in [0.15, 0.2) is 0 Å². The highest BCUT2D eigenvalue weighted by atomic mass is 16.5. The third kappa shape index (κ3) is 3.18. The highest BCUT2D eigenvalue weighted by Crippen LogP contribution is 2.58. The summed E-state index contributed by atoms with van der Waals surface area (Å²) in [5.41, 5.74) is 9.99. The maximum Gasteiger partial charge on any atom is 0.126 e. The van der Waals surface area contributed by atoms with Crippen LogP contribution in [0.2, 0.25) is 0 Å². The predicted molar refractivity (Wildman–Crippen MR) is 143 cm³/mol. The first kappa shape index (κ1) is 21.2. The minimum atomic E-state index is -0.456. The minimum Gasteiger partial charge on any atom is -0.466 e. The summed E-state index contributed by atoms with van der Waals surface area (Å²) in [6.07, 6.45) is 9.56. The molecule has 0 saturated carbocycles. The summed E-state index contributed by atoms with van der Waals surface area (Å²) >= 11 is 0. The van der Waals surface area contributed by atoms with Gasteiger partial charge in [0.05, 0.1) is 17.9 Å². The van der Waals surface area contributed by atoms with E-state index in [9.17, 15) is 0 Å². The van der Waals surface area contributed by atoms with Crippen LogP contribution in [0.1, 0.15) is 39.8 Å². The second-order valence-electron chi connectivity index (χ2n) is 8.91. The molecule has 35 heavy (non-hydrogen) atoms. The van der Waals surface area contributed by atoms with Gasteiger partial charge in [-0.25, -0.2) is 0 Å². The number of hydrogen-bond donors (Lipinski definition) is 0. The van der Waals surface area contributed by atoms with Gasteiger partial charge in [0.1, 0.15) is 11.5 Å². The van der Waals surface area contributed by atoms with Crippen LogP contribution in [0.15, 0.2) is 117 Å². The summed E-state index contributed by atoms with van der Waals surface area (Å²) < 4.78 is 11.1. The molecule has 0 N–H and O–H groups in total. The van der Waals surface area contributed by atoms with Gasteiger partial charge in [-0.2, -0.15) is 0 Å². The molecular weight excluding hydrogens is 428 g/mol. The van der Waals surface area contributed by atoms with Crippen LogP contribution in [0.4, 0.5) is 0 Å². The Morgan fingerprint density at radius 2 is 1.31 bits per heavy atom. The zero-order chi connectivity index (χ0) is 23.8. The molecule has 2 aliphatic carbocycles. The van der Waals surface area contributed by atoms with Gasteiger partial charge >= 0.3 is 0 Å². The lowest BCUT2D eigenvalue weighted by atomic mass is 9.65. The van der Waals surface area contributed by atoms with E-state index in [1.807, 2.05) is 24.3 Å². The van der Waals surface area contributed by atoms with Gasteiger partial charge in [-0.05, 0) is 81.6 Å². The van der Waals surface area contributed by atoms with Gasteiger partial charge in [-0.3, -0.25) is 0 Å². The van der Waals surface area contributed by atoms with Crippen LogP contribution in [0, 0.1) is 0 Å². The normalized spacial score (nSPS) is 14.4. The molecule has 0 heterocycles. The van der Waals surface area contributed by atoms with E-state index >= 15 is 0 Å². The van der Waals surface area contributed by atoms with Crippen molar-refractivity contribution < 1.29 is 9.47 Å². The van der Waals surface area contributed by atoms with Crippen LogP contribution in [0.25, 0.3) is 17.2 Å². The number of benzene rings is 4. The number of fused-ring (bicyclic) bond motifs is 5. The third-order valence-electron chi connectivity index (χ3n) is 7.22. The van der Waals surface area contributed by atoms with Crippen molar-refractivity contribution in [2.45, 2.75) is 18.3 Å². The molecular formula is C33H26O2. The van der Waals surface area contributed by atoms with Gasteiger partial charge in [0, 0.05) is 0 Å². The Hall–Kier alpha value is -4.30. The van der Waals surface area contributed by atoms with E-state index in [-0.39, 0.29) is 0 Å². The zero-order valence-corrected chi connectivity index (χ0v) is 19.5. The maximum atomic E-state index is 5.56. The Morgan fingerprint density at radius 3 is 1.94 bits per heavy atom. The molecule has 4 aromatic carbocycles. The standard InChI is InChI=1S/C33H26O2/c1-3-34-26-18-14-24(15-19-26)33(25-16-20-27(21-17-25)35-4-2)31-12-8-7-11-29(31)30-22-13-23-9-5-6-10-28(23)32(30)33/h3-5,7-9,11-22H,1-2,6,10H2. The minimum absolute atomic E-state index is 0.456. The van der Waals surface area contributed by atoms with Crippen molar-refractivity contribution in [2.75, 3.05) is 0 Å². The van der Waals surface area contributed by atoms with E-state index in [0.717, 1.165) is 24.3 Å². The molecule has 2 aliphatic rings. The third-order valence-corrected chi connectivity index (χ3v) is 7.22. The fourth-order valence-electron chi connectivity index (χ4n) is 5.89. The fraction of sp³-hybridized carbons (Fsp3) is 0.0909. The average molecular weight is 455 g/mol. The van der Waals surface area contributed by atoms with Crippen molar-refractivity contribution in [3.63, 3.8) is 0 Å². The molecule has 0 aromatic heterocycles. The van der Waals surface area contributed by atoms with E-state index in [1.54, 1.807) is 0 Å². The molecule has 170 valence electrons. The second-order valence-corrected chi connectivity index (χ2v) is 8.91. The van der Waals surface area contributed by atoms with Crippen LogP contribution >= 0.6 is 0 Å². The van der Waals surface area contributed by atoms with Crippen LogP contribution < -0.4 is 9.47 Å². The highest BCUT2D eigenvalue weighted by molar-refractivity contribution is 5.89. The molecule has 2 heteroatoms. The summed E-state index contributed by atoms with van der Waals surface area (Å²) in [6, 6.07) is 30.3. The van der Waals surface area contributed by atoms with Crippen molar-refractivity contribution in [3.05, 3.63) is 150 Å². The SMILES string of the molecule is C=COc1ccc(C2(c3ccc(OC=C)cc3)c3ccccc3-c3ccc4c(c32)CCC=C4)cc1. The predicted octanol–water partition coefficient (Wildman–Crippen LogP) is 8.05. The van der Waals surface area contributed by atoms with Gasteiger partial charge in [0.25, 0.3) is 0 Å². The molecule has 0 amide bonds. The quantitative estimate of drug-likeness (QED) is 0.242. The molecule has 0 unspecified atom stereocenters. The van der Waals surface area contributed by atoms with E-state index in [4.69, 9.17) is 9.47 Å². The van der Waals surface area contributed by atoms with E-state index < -0.39 is 5.41 Å². The van der Waals surface area contributed by atoms with Crippen LogP contribution in [0.5, 0.6) is 11.5 Å². The maximum absolute atomic E-state index is 5.56. The molecule has 0 radical (unpaired) electrons. The summed E-state index contributed by atoms with van der Waals surface area (Å²) in [5.74, 6) is 1.55. The number of allylic oxidation sites excluding steroid dienone is 1. The second kappa shape index (κ2) is 8.48. The van der Waals surface area contributed by atoms with E-state index in [1.165, 1.54) is 57.0 Å². The van der Waals surface area contributed by atoms with Gasteiger partial charge in [0.2, 0.25) is 0 Å². The summed E-state index contributed by atoms with van der Waals surface area (Å²) in [6.45, 7) is 7.40. The smallest absolute Gasteiger partial charge is 0.126 e. The fourth-order valence-corrected chi connectivity index (χ4v) is 5.89. The Bertz CT molecular complexity index is 1400. The summed E-state index contributed by atoms with van der Waals surface area (Å²) in [7, 11) is 0. The van der Waals surface area contributed by atoms with Crippen LogP contribution in [0.3, 0.4) is 0 Å². The zero-order valence-electron chi connectivity index (χ0n) is 19.5. The average Bonchev–Trinajstić information content (AvgIpc) is 3.22. The van der Waals surface area contributed by atoms with Crippen molar-refractivity contribution in [3.8, 4) is 22.6 Å². The lowest BCUT2D eigenvalue weighted by Crippen LogP contribution is -2.30. The molecule has 4 aromatic rings. The van der Waals surface area contributed by atoms with Gasteiger partial charge in [-0.1, -0.05) is 86.0 Å². The highest BCUT2D eigenvalue weighted by Gasteiger charge is 2.47. The Balaban J connectivity index is 1.71. The first-order chi connectivity index (χ1) is 17.3. The van der Waals surface area contributed by atoms with Crippen LogP contribution in [-0.2, 0) is 11.8 Å². The molecule has 0 atom stereocenters. The van der Waals surface area contributed by atoms with E-state index in [2.05, 4.69) is 86.0 Å². The van der Waals surface area contributed by atoms with Crippen molar-refractivity contribution in [1.82, 2.24) is 0 Å². The number of rotatable bonds is 6. The largest absolute Gasteiger partial charge is 0.466 e. The van der Waals surface area contributed by atoms with Gasteiger partial charge in [-0.15, -0.1) is 0 Å². The Morgan fingerprint density at radius 1 is 0.686 bits per heavy atom. The molecule has 0 saturated heterocycles. The summed E-state index contributed by atoms with van der Waals surface area (Å²) in [5, 5.41) is 0. The van der Waals surface area contributed by atoms with E-state index in [0.29, 0.717) is 0 Å². The number of hydrogen-bond acceptors (Lipinski definition) is 2. The first-order valence-electron chi connectivity index (χ1n) is 12.0. The topological polar surface area (TPSA) is 18.5 Å². The monoisotopic (exact) mass is 454 g/mol. The molecule has 0 fully saturated rings. The molecule has 2 nitrogen and oxygen atoms in total. The van der Waals surface area contributed by atoms with Crippen molar-refractivity contribution in [1.29, 1.82) is 0 Å². The van der Waals surface area contributed by atoms with Gasteiger partial charge < -0.3 is 9.47 Å². The molecule has 6 rings (SSSR count).